The Morgan fingerprint density at radius 2 is 1.78 bits per heavy atom. The number of fused-ring (bicyclic) bond motifs is 2. The maximum atomic E-state index is 13.3. The van der Waals surface area contributed by atoms with E-state index in [1.165, 1.54) is 22.2 Å². The number of nitrogens with one attached hydrogen (secondary N) is 1. The average Bonchev–Trinajstić information content (AvgIpc) is 3.62. The first kappa shape index (κ1) is 23.0. The molecule has 8 nitrogen and oxygen atoms in total. The molecule has 0 bridgehead atoms. The molecular weight excluding hydrogens is 468 g/mol. The van der Waals surface area contributed by atoms with Crippen LogP contribution in [0.1, 0.15) is 52.4 Å². The Kier molecular flexibility index (Phi) is 5.52. The lowest BCUT2D eigenvalue weighted by atomic mass is 9.96. The lowest BCUT2D eigenvalue weighted by Crippen LogP contribution is -2.28. The van der Waals surface area contributed by atoms with Crippen LogP contribution in [-0.2, 0) is 30.5 Å². The number of benzene rings is 3. The SMILES string of the molecule is CC1=NN(c2ccc3c(c2)CCC3)C(=O)/C1=N\Nc1c(O)c(-c2cccc(C(=O)O)c2)cc2c1CCC2. The minimum absolute atomic E-state index is 0.0249. The van der Waals surface area contributed by atoms with E-state index in [1.807, 2.05) is 18.2 Å². The van der Waals surface area contributed by atoms with Crippen molar-refractivity contribution in [1.29, 1.82) is 0 Å². The maximum Gasteiger partial charge on any atom is 0.335 e. The van der Waals surface area contributed by atoms with Crippen molar-refractivity contribution in [2.45, 2.75) is 45.4 Å². The third-order valence-electron chi connectivity index (χ3n) is 7.39. The summed E-state index contributed by atoms with van der Waals surface area (Å²) in [4.78, 5) is 24.7. The molecule has 3 aromatic rings. The zero-order valence-electron chi connectivity index (χ0n) is 20.4. The van der Waals surface area contributed by atoms with Crippen LogP contribution in [0.4, 0.5) is 11.4 Å². The van der Waals surface area contributed by atoms with Gasteiger partial charge in [0.2, 0.25) is 0 Å². The van der Waals surface area contributed by atoms with Crippen molar-refractivity contribution in [1.82, 2.24) is 0 Å². The summed E-state index contributed by atoms with van der Waals surface area (Å²) in [5.41, 5.74) is 10.7. The number of carboxylic acids is 1. The van der Waals surface area contributed by atoms with Crippen molar-refractivity contribution >= 4 is 34.7 Å². The largest absolute Gasteiger partial charge is 0.505 e. The Hall–Kier alpha value is -4.46. The topological polar surface area (TPSA) is 115 Å². The predicted octanol–water partition coefficient (Wildman–Crippen LogP) is 4.93. The Balaban J connectivity index is 1.34. The highest BCUT2D eigenvalue weighted by molar-refractivity contribution is 6.71. The van der Waals surface area contributed by atoms with Crippen LogP contribution in [0.2, 0.25) is 0 Å². The van der Waals surface area contributed by atoms with Crippen LogP contribution >= 0.6 is 0 Å². The van der Waals surface area contributed by atoms with Gasteiger partial charge in [-0.15, -0.1) is 0 Å². The van der Waals surface area contributed by atoms with Crippen molar-refractivity contribution < 1.29 is 19.8 Å². The highest BCUT2D eigenvalue weighted by atomic mass is 16.4. The second-order valence-electron chi connectivity index (χ2n) is 9.71. The third kappa shape index (κ3) is 3.94. The number of aromatic carboxylic acids is 1. The van der Waals surface area contributed by atoms with E-state index in [2.05, 4.69) is 21.7 Å². The molecule has 0 aromatic heterocycles. The standard InChI is InChI=1S/C29H26N4O4/c1-16-25(28(35)33(32-16)22-12-11-17-5-2-6-18(17)14-22)30-31-26-23-10-4-8-20(23)15-24(27(26)34)19-7-3-9-21(13-19)29(36)37/h3,7,9,11-15,31,34H,2,4-6,8,10H2,1H3,(H,36,37)/b30-25-. The number of carbonyl (C=O) groups is 2. The minimum atomic E-state index is -1.03. The lowest BCUT2D eigenvalue weighted by Gasteiger charge is -2.16. The first-order valence-electron chi connectivity index (χ1n) is 12.5. The zero-order chi connectivity index (χ0) is 25.7. The number of phenols is 1. The Morgan fingerprint density at radius 1 is 1.00 bits per heavy atom. The van der Waals surface area contributed by atoms with E-state index < -0.39 is 5.97 Å². The van der Waals surface area contributed by atoms with E-state index in [9.17, 15) is 19.8 Å². The number of carboxylic acid groups (broad SMARTS) is 1. The van der Waals surface area contributed by atoms with E-state index >= 15 is 0 Å². The molecule has 3 aliphatic rings. The van der Waals surface area contributed by atoms with Crippen LogP contribution < -0.4 is 10.4 Å². The van der Waals surface area contributed by atoms with Gasteiger partial charge >= 0.3 is 11.9 Å². The van der Waals surface area contributed by atoms with E-state index in [-0.39, 0.29) is 22.9 Å². The molecule has 0 fully saturated rings. The number of hydrogen-bond acceptors (Lipinski definition) is 6. The molecule has 0 saturated heterocycles. The summed E-state index contributed by atoms with van der Waals surface area (Å²) in [5.74, 6) is -1.39. The van der Waals surface area contributed by atoms with Gasteiger partial charge in [0, 0.05) is 5.56 Å². The fourth-order valence-corrected chi connectivity index (χ4v) is 5.50. The number of hydrazone groups is 2. The lowest BCUT2D eigenvalue weighted by molar-refractivity contribution is -0.112. The zero-order valence-corrected chi connectivity index (χ0v) is 20.4. The number of hydrogen-bond donors (Lipinski definition) is 3. The molecule has 3 aromatic carbocycles. The molecule has 0 spiro atoms. The Labute approximate surface area is 213 Å². The summed E-state index contributed by atoms with van der Waals surface area (Å²) in [6.45, 7) is 1.74. The normalized spacial score (nSPS) is 17.2. The monoisotopic (exact) mass is 494 g/mol. The van der Waals surface area contributed by atoms with Gasteiger partial charge in [0.1, 0.15) is 11.4 Å². The number of amides is 1. The van der Waals surface area contributed by atoms with Crippen molar-refractivity contribution in [3.63, 3.8) is 0 Å². The van der Waals surface area contributed by atoms with Gasteiger partial charge in [-0.3, -0.25) is 10.2 Å². The van der Waals surface area contributed by atoms with Crippen molar-refractivity contribution in [3.8, 4) is 16.9 Å². The highest BCUT2D eigenvalue weighted by Gasteiger charge is 2.32. The molecule has 2 aliphatic carbocycles. The van der Waals surface area contributed by atoms with Gasteiger partial charge in [0.05, 0.1) is 17.0 Å². The molecule has 3 N–H and O–H groups in total. The molecule has 1 heterocycles. The number of rotatable bonds is 5. The summed E-state index contributed by atoms with van der Waals surface area (Å²) in [6.07, 6.45) is 5.75. The van der Waals surface area contributed by atoms with Gasteiger partial charge < -0.3 is 10.2 Å². The number of aryl methyl sites for hydroxylation is 3. The number of phenolic OH excluding ortho intramolecular Hbond substituents is 1. The molecule has 8 heteroatoms. The van der Waals surface area contributed by atoms with Crippen LogP contribution in [0, 0.1) is 0 Å². The van der Waals surface area contributed by atoms with Crippen LogP contribution in [-0.4, -0.2) is 33.5 Å². The van der Waals surface area contributed by atoms with Gasteiger partial charge in [-0.2, -0.15) is 15.2 Å². The third-order valence-corrected chi connectivity index (χ3v) is 7.39. The molecule has 186 valence electrons. The van der Waals surface area contributed by atoms with E-state index in [4.69, 9.17) is 0 Å². The van der Waals surface area contributed by atoms with E-state index in [0.717, 1.165) is 55.3 Å². The number of carbonyl (C=O) groups excluding carboxylic acids is 1. The highest BCUT2D eigenvalue weighted by Crippen LogP contribution is 2.43. The summed E-state index contributed by atoms with van der Waals surface area (Å²) >= 11 is 0. The smallest absolute Gasteiger partial charge is 0.335 e. The fraction of sp³-hybridized carbons (Fsp3) is 0.241. The average molecular weight is 495 g/mol. The molecule has 37 heavy (non-hydrogen) atoms. The van der Waals surface area contributed by atoms with Crippen molar-refractivity contribution in [2.75, 3.05) is 10.4 Å². The fourth-order valence-electron chi connectivity index (χ4n) is 5.50. The quantitative estimate of drug-likeness (QED) is 0.344. The molecular formula is C29H26N4O4. The summed E-state index contributed by atoms with van der Waals surface area (Å²) in [6, 6.07) is 14.4. The maximum absolute atomic E-state index is 13.3. The van der Waals surface area contributed by atoms with Crippen LogP contribution in [0.5, 0.6) is 5.75 Å². The van der Waals surface area contributed by atoms with Crippen LogP contribution in [0.3, 0.4) is 0 Å². The first-order valence-corrected chi connectivity index (χ1v) is 12.5. The second kappa shape index (κ2) is 8.89. The van der Waals surface area contributed by atoms with Gasteiger partial charge in [0.25, 0.3) is 0 Å². The van der Waals surface area contributed by atoms with Crippen molar-refractivity contribution in [2.24, 2.45) is 10.2 Å². The van der Waals surface area contributed by atoms with Gasteiger partial charge in [-0.05, 0) is 104 Å². The molecule has 1 aliphatic heterocycles. The number of nitrogens with zero attached hydrogens (tertiary/aromatic N) is 3. The molecule has 0 unspecified atom stereocenters. The van der Waals surface area contributed by atoms with E-state index in [1.54, 1.807) is 25.1 Å². The summed E-state index contributed by atoms with van der Waals surface area (Å²) < 4.78 is 0. The first-order chi connectivity index (χ1) is 17.9. The van der Waals surface area contributed by atoms with Gasteiger partial charge in [-0.25, -0.2) is 4.79 Å². The molecule has 6 rings (SSSR count). The van der Waals surface area contributed by atoms with Crippen LogP contribution in [0.25, 0.3) is 11.1 Å². The van der Waals surface area contributed by atoms with Crippen LogP contribution in [0.15, 0.2) is 58.7 Å². The summed E-state index contributed by atoms with van der Waals surface area (Å²) in [5, 5.41) is 30.9. The summed E-state index contributed by atoms with van der Waals surface area (Å²) in [7, 11) is 0. The molecule has 0 saturated carbocycles. The number of anilines is 2. The molecule has 1 amide bonds. The number of aromatic hydroxyl groups is 1. The molecule has 0 atom stereocenters. The van der Waals surface area contributed by atoms with Crippen molar-refractivity contribution in [3.05, 3.63) is 76.3 Å². The Morgan fingerprint density at radius 3 is 2.62 bits per heavy atom. The van der Waals surface area contributed by atoms with Gasteiger partial charge in [-0.1, -0.05) is 18.2 Å². The van der Waals surface area contributed by atoms with E-state index in [0.29, 0.717) is 22.5 Å². The molecule has 0 radical (unpaired) electrons. The van der Waals surface area contributed by atoms with Gasteiger partial charge in [0.15, 0.2) is 5.71 Å². The Bertz CT molecular complexity index is 1540. The minimum Gasteiger partial charge on any atom is -0.505 e. The second-order valence-corrected chi connectivity index (χ2v) is 9.71. The predicted molar refractivity (Wildman–Crippen MR) is 143 cm³/mol.